The van der Waals surface area contributed by atoms with Crippen molar-refractivity contribution in [1.29, 1.82) is 0 Å². The Hall–Kier alpha value is -1.42. The summed E-state index contributed by atoms with van der Waals surface area (Å²) in [4.78, 5) is 12.3. The van der Waals surface area contributed by atoms with E-state index in [-0.39, 0.29) is 16.6 Å². The SMILES string of the molecule is C=CC1CC2=CC(=O)C(=NO)C[C@]2(C)[C@@H]2CC[C@@]3(C)[C@@H](CCC3(C)O)[C@H]12. The average Bonchev–Trinajstić information content (AvgIpc) is 2.84. The van der Waals surface area contributed by atoms with Gasteiger partial charge in [-0.05, 0) is 79.6 Å². The van der Waals surface area contributed by atoms with Crippen molar-refractivity contribution in [2.45, 2.75) is 64.9 Å². The first-order valence-corrected chi connectivity index (χ1v) is 9.99. The summed E-state index contributed by atoms with van der Waals surface area (Å²) in [7, 11) is 0. The van der Waals surface area contributed by atoms with E-state index in [0.717, 1.165) is 32.1 Å². The van der Waals surface area contributed by atoms with Gasteiger partial charge in [-0.2, -0.15) is 0 Å². The van der Waals surface area contributed by atoms with E-state index in [9.17, 15) is 15.1 Å². The highest BCUT2D eigenvalue weighted by atomic mass is 16.4. The number of nitrogens with zero attached hydrogens (tertiary/aromatic N) is 1. The Balaban J connectivity index is 1.80. The molecule has 0 bridgehead atoms. The van der Waals surface area contributed by atoms with Gasteiger partial charge in [0.25, 0.3) is 0 Å². The van der Waals surface area contributed by atoms with Crippen LogP contribution in [-0.4, -0.2) is 27.4 Å². The van der Waals surface area contributed by atoms with Gasteiger partial charge in [-0.15, -0.1) is 6.58 Å². The normalized spacial score (nSPS) is 52.1. The van der Waals surface area contributed by atoms with Gasteiger partial charge < -0.3 is 10.3 Å². The number of hydrogen-bond acceptors (Lipinski definition) is 4. The van der Waals surface area contributed by atoms with E-state index in [4.69, 9.17) is 0 Å². The molecule has 3 saturated carbocycles. The van der Waals surface area contributed by atoms with Gasteiger partial charge in [0.2, 0.25) is 5.78 Å². The van der Waals surface area contributed by atoms with Crippen molar-refractivity contribution in [3.05, 3.63) is 24.3 Å². The molecule has 0 saturated heterocycles. The van der Waals surface area contributed by atoms with Crippen LogP contribution in [0.4, 0.5) is 0 Å². The van der Waals surface area contributed by atoms with Gasteiger partial charge in [0.15, 0.2) is 0 Å². The second kappa shape index (κ2) is 5.54. The van der Waals surface area contributed by atoms with Crippen molar-refractivity contribution < 1.29 is 15.1 Å². The minimum Gasteiger partial charge on any atom is -0.411 e. The van der Waals surface area contributed by atoms with Crippen LogP contribution < -0.4 is 0 Å². The average molecular weight is 357 g/mol. The molecule has 0 amide bonds. The number of carbonyl (C=O) groups excluding carboxylic acids is 1. The van der Waals surface area contributed by atoms with Crippen molar-refractivity contribution in [1.82, 2.24) is 0 Å². The fourth-order valence-electron chi connectivity index (χ4n) is 7.11. The maximum atomic E-state index is 12.3. The number of hydrogen-bond donors (Lipinski definition) is 2. The molecule has 0 aromatic rings. The highest BCUT2D eigenvalue weighted by molar-refractivity contribution is 6.44. The summed E-state index contributed by atoms with van der Waals surface area (Å²) in [5, 5.41) is 23.7. The summed E-state index contributed by atoms with van der Waals surface area (Å²) in [6.07, 6.45) is 9.17. The van der Waals surface area contributed by atoms with E-state index in [1.807, 2.05) is 6.92 Å². The van der Waals surface area contributed by atoms with Crippen molar-refractivity contribution in [3.63, 3.8) is 0 Å². The van der Waals surface area contributed by atoms with Gasteiger partial charge in [-0.3, -0.25) is 4.79 Å². The first kappa shape index (κ1) is 18.0. The topological polar surface area (TPSA) is 69.9 Å². The summed E-state index contributed by atoms with van der Waals surface area (Å²) in [6.45, 7) is 10.7. The zero-order valence-corrected chi connectivity index (χ0v) is 16.2. The largest absolute Gasteiger partial charge is 0.411 e. The van der Waals surface area contributed by atoms with Crippen molar-refractivity contribution in [3.8, 4) is 0 Å². The van der Waals surface area contributed by atoms with Crippen LogP contribution in [0.25, 0.3) is 0 Å². The molecule has 0 heterocycles. The highest BCUT2D eigenvalue weighted by Gasteiger charge is 2.64. The molecule has 4 aliphatic carbocycles. The molecule has 4 heteroatoms. The second-order valence-corrected chi connectivity index (χ2v) is 9.84. The number of oxime groups is 1. The van der Waals surface area contributed by atoms with E-state index in [0.29, 0.717) is 35.8 Å². The van der Waals surface area contributed by atoms with Crippen LogP contribution in [0.5, 0.6) is 0 Å². The minimum atomic E-state index is -0.606. The standard InChI is InChI=1S/C22H31NO3/c1-5-13-10-14-11-18(24)17(23-26)12-20(14,2)15-6-8-21(3)16(19(13)15)7-9-22(21,4)25/h5,11,13,15-16,19,25-26H,1,6-10,12H2,2-4H3/t13?,15-,16+,19-,20+,21+,22?/m1/s1. The first-order valence-electron chi connectivity index (χ1n) is 9.99. The molecular weight excluding hydrogens is 326 g/mol. The summed E-state index contributed by atoms with van der Waals surface area (Å²) >= 11 is 0. The maximum Gasteiger partial charge on any atom is 0.203 e. The molecule has 2 unspecified atom stereocenters. The molecule has 4 rings (SSSR count). The number of fused-ring (bicyclic) bond motifs is 5. The maximum absolute atomic E-state index is 12.3. The molecule has 0 spiro atoms. The lowest BCUT2D eigenvalue weighted by atomic mass is 9.44. The predicted octanol–water partition coefficient (Wildman–Crippen LogP) is 4.12. The second-order valence-electron chi connectivity index (χ2n) is 9.84. The third-order valence-corrected chi connectivity index (χ3v) is 8.94. The van der Waals surface area contributed by atoms with E-state index in [2.05, 4.69) is 31.7 Å². The summed E-state index contributed by atoms with van der Waals surface area (Å²) in [6, 6.07) is 0. The molecule has 26 heavy (non-hydrogen) atoms. The number of ketones is 1. The molecule has 0 aromatic heterocycles. The predicted molar refractivity (Wildman–Crippen MR) is 101 cm³/mol. The molecule has 3 fully saturated rings. The van der Waals surface area contributed by atoms with Gasteiger partial charge in [-0.25, -0.2) is 0 Å². The number of carbonyl (C=O) groups is 1. The zero-order valence-electron chi connectivity index (χ0n) is 16.2. The molecule has 0 aliphatic heterocycles. The number of allylic oxidation sites excluding steroid dienone is 2. The van der Waals surface area contributed by atoms with Crippen molar-refractivity contribution >= 4 is 11.5 Å². The van der Waals surface area contributed by atoms with E-state index in [1.165, 1.54) is 5.57 Å². The first-order chi connectivity index (χ1) is 12.2. The van der Waals surface area contributed by atoms with Crippen LogP contribution >= 0.6 is 0 Å². The Morgan fingerprint density at radius 1 is 1.23 bits per heavy atom. The molecule has 4 aliphatic rings. The van der Waals surface area contributed by atoms with Gasteiger partial charge in [-0.1, -0.05) is 30.7 Å². The van der Waals surface area contributed by atoms with Gasteiger partial charge in [0, 0.05) is 6.42 Å². The quantitative estimate of drug-likeness (QED) is 0.421. The Bertz CT molecular complexity index is 721. The summed E-state index contributed by atoms with van der Waals surface area (Å²) in [5.41, 5.74) is 0.708. The Morgan fingerprint density at radius 2 is 1.92 bits per heavy atom. The smallest absolute Gasteiger partial charge is 0.203 e. The molecule has 0 aromatic carbocycles. The van der Waals surface area contributed by atoms with Crippen molar-refractivity contribution in [2.24, 2.45) is 39.7 Å². The molecule has 7 atom stereocenters. The number of aliphatic hydroxyl groups is 1. The molecule has 2 N–H and O–H groups in total. The van der Waals surface area contributed by atoms with Crippen LogP contribution in [0.2, 0.25) is 0 Å². The van der Waals surface area contributed by atoms with E-state index in [1.54, 1.807) is 6.08 Å². The van der Waals surface area contributed by atoms with Crippen LogP contribution in [0.1, 0.15) is 59.3 Å². The van der Waals surface area contributed by atoms with Gasteiger partial charge in [0.1, 0.15) is 5.71 Å². The summed E-state index contributed by atoms with van der Waals surface area (Å²) in [5.74, 6) is 1.58. The molecule has 142 valence electrons. The zero-order chi connectivity index (χ0) is 18.9. The Kier molecular flexibility index (Phi) is 3.83. The fourth-order valence-corrected chi connectivity index (χ4v) is 7.11. The minimum absolute atomic E-state index is 0.0502. The van der Waals surface area contributed by atoms with Crippen LogP contribution in [0, 0.1) is 34.5 Å². The lowest BCUT2D eigenvalue weighted by Crippen LogP contribution is -2.56. The molecule has 4 nitrogen and oxygen atoms in total. The Labute approximate surface area is 156 Å². The Morgan fingerprint density at radius 3 is 2.58 bits per heavy atom. The van der Waals surface area contributed by atoms with Crippen LogP contribution in [-0.2, 0) is 4.79 Å². The third-order valence-electron chi connectivity index (χ3n) is 8.94. The van der Waals surface area contributed by atoms with E-state index >= 15 is 0 Å². The number of rotatable bonds is 1. The lowest BCUT2D eigenvalue weighted by Gasteiger charge is -2.60. The molecular formula is C22H31NO3. The molecule has 0 radical (unpaired) electrons. The summed E-state index contributed by atoms with van der Waals surface area (Å²) < 4.78 is 0. The monoisotopic (exact) mass is 357 g/mol. The van der Waals surface area contributed by atoms with E-state index < -0.39 is 5.60 Å². The highest BCUT2D eigenvalue weighted by Crippen LogP contribution is 2.68. The van der Waals surface area contributed by atoms with Crippen molar-refractivity contribution in [2.75, 3.05) is 0 Å². The van der Waals surface area contributed by atoms with Gasteiger partial charge in [0.05, 0.1) is 5.60 Å². The van der Waals surface area contributed by atoms with Crippen LogP contribution in [0.3, 0.4) is 0 Å². The lowest BCUT2D eigenvalue weighted by molar-refractivity contribution is -0.125. The van der Waals surface area contributed by atoms with Crippen LogP contribution in [0.15, 0.2) is 29.5 Å². The third kappa shape index (κ3) is 2.11. The van der Waals surface area contributed by atoms with Gasteiger partial charge >= 0.3 is 0 Å². The fraction of sp³-hybridized carbons (Fsp3) is 0.727.